The number of benzene rings is 2. The third-order valence-electron chi connectivity index (χ3n) is 5.01. The van der Waals surface area contributed by atoms with Gasteiger partial charge in [0.25, 0.3) is 11.5 Å². The van der Waals surface area contributed by atoms with E-state index in [1.165, 1.54) is 4.90 Å². The van der Waals surface area contributed by atoms with E-state index >= 15 is 0 Å². The minimum absolute atomic E-state index is 0.0978. The first-order chi connectivity index (χ1) is 14.3. The summed E-state index contributed by atoms with van der Waals surface area (Å²) in [6.07, 6.45) is 1.56. The first-order valence-electron chi connectivity index (χ1n) is 9.17. The van der Waals surface area contributed by atoms with Crippen molar-refractivity contribution in [2.24, 2.45) is 0 Å². The lowest BCUT2D eigenvalue weighted by Crippen LogP contribution is -2.50. The van der Waals surface area contributed by atoms with Crippen LogP contribution in [0.1, 0.15) is 13.3 Å². The summed E-state index contributed by atoms with van der Waals surface area (Å²) in [6.45, 7) is 1.17. The van der Waals surface area contributed by atoms with Crippen LogP contribution in [0.2, 0.25) is 0 Å². The number of anilines is 1. The number of aliphatic carboxylic acids is 1. The van der Waals surface area contributed by atoms with Crippen LogP contribution in [0.15, 0.2) is 65.7 Å². The molecular formula is C21H18N2O6S. The predicted octanol–water partition coefficient (Wildman–Crippen LogP) is 2.34. The quantitative estimate of drug-likeness (QED) is 0.496. The second-order valence-corrected chi connectivity index (χ2v) is 8.24. The molecule has 0 radical (unpaired) electrons. The molecule has 2 aromatic carbocycles. The topological polar surface area (TPSA) is 106 Å². The summed E-state index contributed by atoms with van der Waals surface area (Å²) in [5.74, 6) is -3.11. The second kappa shape index (κ2) is 7.42. The van der Waals surface area contributed by atoms with E-state index in [1.807, 2.05) is 18.2 Å². The van der Waals surface area contributed by atoms with Gasteiger partial charge in [0, 0.05) is 37.2 Å². The normalized spacial score (nSPS) is 19.8. The molecule has 0 aliphatic carbocycles. The monoisotopic (exact) mass is 426 g/mol. The third kappa shape index (κ3) is 3.17. The molecule has 2 heterocycles. The fourth-order valence-corrected chi connectivity index (χ4v) is 4.72. The van der Waals surface area contributed by atoms with Gasteiger partial charge < -0.3 is 14.7 Å². The van der Waals surface area contributed by atoms with Crippen LogP contribution in [-0.4, -0.2) is 43.3 Å². The molecule has 1 aromatic heterocycles. The first-order valence-corrected chi connectivity index (χ1v) is 10.3. The van der Waals surface area contributed by atoms with E-state index < -0.39 is 34.4 Å². The van der Waals surface area contributed by atoms with Crippen molar-refractivity contribution in [2.45, 2.75) is 23.8 Å². The largest absolute Gasteiger partial charge is 0.478 e. The number of amides is 1. The number of aromatic nitrogens is 1. The number of esters is 1. The van der Waals surface area contributed by atoms with Gasteiger partial charge in [0.2, 0.25) is 0 Å². The molecule has 0 bridgehead atoms. The van der Waals surface area contributed by atoms with Crippen molar-refractivity contribution in [3.8, 4) is 0 Å². The van der Waals surface area contributed by atoms with Gasteiger partial charge in [0.1, 0.15) is 0 Å². The zero-order valence-corrected chi connectivity index (χ0v) is 16.8. The highest BCUT2D eigenvalue weighted by Gasteiger charge is 2.56. The Kier molecular flexibility index (Phi) is 4.90. The number of carbonyl (C=O) groups is 3. The number of rotatable bonds is 5. The van der Waals surface area contributed by atoms with E-state index in [9.17, 15) is 23.7 Å². The maximum absolute atomic E-state index is 12.9. The Morgan fingerprint density at radius 3 is 2.53 bits per heavy atom. The van der Waals surface area contributed by atoms with Crippen LogP contribution in [0, 0.1) is 0 Å². The van der Waals surface area contributed by atoms with Gasteiger partial charge >= 0.3 is 11.9 Å². The number of nitrogens with zero attached hydrogens (tertiary/aromatic N) is 2. The van der Waals surface area contributed by atoms with E-state index in [4.69, 9.17) is 4.74 Å². The molecular weight excluding hydrogens is 408 g/mol. The van der Waals surface area contributed by atoms with Gasteiger partial charge in [-0.1, -0.05) is 18.2 Å². The summed E-state index contributed by atoms with van der Waals surface area (Å²) in [5.41, 5.74) is -1.02. The lowest BCUT2D eigenvalue weighted by atomic mass is 10.0. The van der Waals surface area contributed by atoms with E-state index in [1.54, 1.807) is 46.6 Å². The minimum atomic E-state index is -2.21. The van der Waals surface area contributed by atoms with Gasteiger partial charge in [-0.25, -0.2) is 9.00 Å². The molecule has 1 N–H and O–H groups in total. The predicted molar refractivity (Wildman–Crippen MR) is 109 cm³/mol. The highest BCUT2D eigenvalue weighted by atomic mass is 32.2. The minimum Gasteiger partial charge on any atom is -0.478 e. The number of carbonyl (C=O) groups excluding carboxylic acids is 2. The van der Waals surface area contributed by atoms with Gasteiger partial charge in [0.05, 0.1) is 10.4 Å². The van der Waals surface area contributed by atoms with Crippen LogP contribution >= 0.6 is 0 Å². The molecule has 1 amide bonds. The molecule has 8 nitrogen and oxygen atoms in total. The Morgan fingerprint density at radius 1 is 1.13 bits per heavy atom. The lowest BCUT2D eigenvalue weighted by molar-refractivity contribution is -0.179. The van der Waals surface area contributed by atoms with Gasteiger partial charge in [-0.15, -0.1) is 0 Å². The fourth-order valence-electron chi connectivity index (χ4n) is 3.59. The third-order valence-corrected chi connectivity index (χ3v) is 6.37. The SMILES string of the molecule is CC(=O)OC1(C(=O)O)CCN(c2ccc3c(ccn3S(=O)c3ccccc3)c2)C1=O. The fraction of sp³-hybridized carbons (Fsp3) is 0.190. The van der Waals surface area contributed by atoms with Crippen LogP contribution < -0.4 is 4.90 Å². The van der Waals surface area contributed by atoms with Crippen LogP contribution in [0.25, 0.3) is 10.9 Å². The maximum Gasteiger partial charge on any atom is 0.358 e. The summed E-state index contributed by atoms with van der Waals surface area (Å²) in [4.78, 5) is 37.9. The van der Waals surface area contributed by atoms with E-state index in [0.29, 0.717) is 16.1 Å². The highest BCUT2D eigenvalue weighted by molar-refractivity contribution is 7.83. The standard InChI is InChI=1S/C21H18N2O6S/c1-14(24)29-21(20(26)27)10-12-22(19(21)25)16-7-8-18-15(13-16)9-11-23(18)30(28)17-5-3-2-4-6-17/h2-9,11,13H,10,12H2,1H3,(H,26,27). The number of hydrogen-bond donors (Lipinski definition) is 1. The molecule has 1 saturated heterocycles. The number of carboxylic acid groups (broad SMARTS) is 1. The van der Waals surface area contributed by atoms with Crippen molar-refractivity contribution in [3.63, 3.8) is 0 Å². The first kappa shape index (κ1) is 19.8. The zero-order valence-electron chi connectivity index (χ0n) is 16.0. The van der Waals surface area contributed by atoms with Crippen LogP contribution in [-0.2, 0) is 30.1 Å². The van der Waals surface area contributed by atoms with Gasteiger partial charge in [0.15, 0.2) is 11.0 Å². The van der Waals surface area contributed by atoms with Crippen molar-refractivity contribution in [1.29, 1.82) is 0 Å². The number of ether oxygens (including phenoxy) is 1. The van der Waals surface area contributed by atoms with Crippen LogP contribution in [0.5, 0.6) is 0 Å². The van der Waals surface area contributed by atoms with Crippen molar-refractivity contribution in [2.75, 3.05) is 11.4 Å². The van der Waals surface area contributed by atoms with Gasteiger partial charge in [-0.3, -0.25) is 13.6 Å². The van der Waals surface area contributed by atoms with Gasteiger partial charge in [-0.05, 0) is 36.4 Å². The zero-order chi connectivity index (χ0) is 21.5. The molecule has 0 saturated carbocycles. The van der Waals surface area contributed by atoms with Crippen molar-refractivity contribution >= 4 is 45.4 Å². The summed E-state index contributed by atoms with van der Waals surface area (Å²) in [7, 11) is -1.43. The molecule has 30 heavy (non-hydrogen) atoms. The molecule has 3 aromatic rings. The van der Waals surface area contributed by atoms with Crippen LogP contribution in [0.3, 0.4) is 0 Å². The molecule has 154 valence electrons. The summed E-state index contributed by atoms with van der Waals surface area (Å²) < 4.78 is 19.4. The van der Waals surface area contributed by atoms with Crippen molar-refractivity contribution in [3.05, 3.63) is 60.8 Å². The Morgan fingerprint density at radius 2 is 1.87 bits per heavy atom. The maximum atomic E-state index is 12.9. The van der Waals surface area contributed by atoms with Gasteiger partial charge in [-0.2, -0.15) is 0 Å². The molecule has 9 heteroatoms. The number of fused-ring (bicyclic) bond motifs is 1. The summed E-state index contributed by atoms with van der Waals surface area (Å²) in [6, 6.07) is 15.9. The second-order valence-electron chi connectivity index (χ2n) is 6.88. The number of carboxylic acids is 1. The Hall–Kier alpha value is -3.46. The van der Waals surface area contributed by atoms with Crippen LogP contribution in [0.4, 0.5) is 5.69 Å². The summed E-state index contributed by atoms with van der Waals surface area (Å²) >= 11 is 0. The molecule has 1 fully saturated rings. The molecule has 1 aliphatic rings. The lowest BCUT2D eigenvalue weighted by Gasteiger charge is -2.23. The Bertz CT molecular complexity index is 1190. The average Bonchev–Trinajstić information content (AvgIpc) is 3.29. The average molecular weight is 426 g/mol. The molecule has 0 spiro atoms. The molecule has 4 rings (SSSR count). The summed E-state index contributed by atoms with van der Waals surface area (Å²) in [5, 5.41) is 10.3. The Balaban J connectivity index is 1.67. The molecule has 2 unspecified atom stereocenters. The van der Waals surface area contributed by atoms with Crippen molar-refractivity contribution < 1.29 is 28.4 Å². The van der Waals surface area contributed by atoms with E-state index in [0.717, 1.165) is 12.3 Å². The smallest absolute Gasteiger partial charge is 0.358 e. The molecule has 2 atom stereocenters. The van der Waals surface area contributed by atoms with E-state index in [2.05, 4.69) is 0 Å². The van der Waals surface area contributed by atoms with Crippen molar-refractivity contribution in [1.82, 2.24) is 3.97 Å². The number of hydrogen-bond acceptors (Lipinski definition) is 5. The Labute approximate surface area is 174 Å². The van der Waals surface area contributed by atoms with E-state index in [-0.39, 0.29) is 13.0 Å². The molecule has 1 aliphatic heterocycles. The highest BCUT2D eigenvalue weighted by Crippen LogP contribution is 2.33.